The van der Waals surface area contributed by atoms with Crippen LogP contribution in [0.15, 0.2) is 60.8 Å². The topological polar surface area (TPSA) is 59.4 Å². The van der Waals surface area contributed by atoms with Crippen LogP contribution < -0.4 is 10.1 Å². The summed E-state index contributed by atoms with van der Waals surface area (Å²) in [4.78, 5) is 15.0. The van der Waals surface area contributed by atoms with Crippen molar-refractivity contribution < 1.29 is 22.7 Å². The van der Waals surface area contributed by atoms with Crippen molar-refractivity contribution in [3.8, 4) is 5.75 Å². The third-order valence-electron chi connectivity index (χ3n) is 6.53. The van der Waals surface area contributed by atoms with Crippen molar-refractivity contribution >= 4 is 23.3 Å². The Bertz CT molecular complexity index is 1190. The van der Waals surface area contributed by atoms with E-state index in [0.717, 1.165) is 10.2 Å². The lowest BCUT2D eigenvalue weighted by molar-refractivity contribution is -0.173. The summed E-state index contributed by atoms with van der Waals surface area (Å²) < 4.78 is 48.6. The number of carbonyl (C=O) groups is 1. The van der Waals surface area contributed by atoms with Gasteiger partial charge < -0.3 is 15.0 Å². The summed E-state index contributed by atoms with van der Waals surface area (Å²) in [5.41, 5.74) is 0.871. The lowest BCUT2D eigenvalue weighted by Crippen LogP contribution is -2.42. The Morgan fingerprint density at radius 1 is 1.06 bits per heavy atom. The van der Waals surface area contributed by atoms with E-state index in [2.05, 4.69) is 10.4 Å². The summed E-state index contributed by atoms with van der Waals surface area (Å²) in [5.74, 6) is 0.357. The van der Waals surface area contributed by atoms with Gasteiger partial charge in [0.05, 0.1) is 17.3 Å². The first kappa shape index (κ1) is 23.5. The van der Waals surface area contributed by atoms with Crippen LogP contribution in [0.4, 0.5) is 19.0 Å². The van der Waals surface area contributed by atoms with Gasteiger partial charge in [0, 0.05) is 32.4 Å². The summed E-state index contributed by atoms with van der Waals surface area (Å²) in [5, 5.41) is 7.65. The molecular weight excluding hydrogens is 481 g/mol. The summed E-state index contributed by atoms with van der Waals surface area (Å²) in [6, 6.07) is 13.7. The Morgan fingerprint density at radius 2 is 1.74 bits per heavy atom. The molecule has 2 aromatic carbocycles. The van der Waals surface area contributed by atoms with Crippen molar-refractivity contribution in [2.45, 2.75) is 43.6 Å². The zero-order valence-corrected chi connectivity index (χ0v) is 19.5. The van der Waals surface area contributed by atoms with Crippen molar-refractivity contribution in [1.29, 1.82) is 0 Å². The molecule has 0 saturated carbocycles. The lowest BCUT2D eigenvalue weighted by Gasteiger charge is -2.35. The van der Waals surface area contributed by atoms with Gasteiger partial charge in [-0.3, -0.25) is 4.79 Å². The van der Waals surface area contributed by atoms with Crippen LogP contribution in [0.3, 0.4) is 0 Å². The van der Waals surface area contributed by atoms with Crippen LogP contribution >= 0.6 is 11.6 Å². The second-order valence-corrected chi connectivity index (χ2v) is 9.20. The molecule has 3 heterocycles. The molecule has 0 spiro atoms. The number of alkyl halides is 3. The van der Waals surface area contributed by atoms with E-state index in [1.165, 1.54) is 6.20 Å². The average Bonchev–Trinajstić information content (AvgIpc) is 3.29. The predicted molar refractivity (Wildman–Crippen MR) is 126 cm³/mol. The highest BCUT2D eigenvalue weighted by molar-refractivity contribution is 6.32. The van der Waals surface area contributed by atoms with Crippen LogP contribution in [-0.4, -0.2) is 46.0 Å². The molecule has 1 aromatic heterocycles. The molecule has 3 aromatic rings. The van der Waals surface area contributed by atoms with Gasteiger partial charge in [0.15, 0.2) is 6.04 Å². The number of rotatable bonds is 4. The smallest absolute Gasteiger partial charge is 0.410 e. The molecule has 35 heavy (non-hydrogen) atoms. The van der Waals surface area contributed by atoms with Gasteiger partial charge in [-0.05, 0) is 17.7 Å². The van der Waals surface area contributed by atoms with E-state index in [0.29, 0.717) is 36.7 Å². The van der Waals surface area contributed by atoms with Crippen molar-refractivity contribution in [1.82, 2.24) is 14.7 Å². The fraction of sp³-hybridized carbons (Fsp3) is 0.360. The van der Waals surface area contributed by atoms with Crippen LogP contribution in [0, 0.1) is 0 Å². The van der Waals surface area contributed by atoms with E-state index in [4.69, 9.17) is 16.3 Å². The molecule has 184 valence electrons. The Morgan fingerprint density at radius 3 is 2.43 bits per heavy atom. The number of likely N-dealkylation sites (tertiary alicyclic amines) is 1. The second kappa shape index (κ2) is 9.45. The van der Waals surface area contributed by atoms with Gasteiger partial charge in [0.2, 0.25) is 0 Å². The van der Waals surface area contributed by atoms with Crippen LogP contribution in [0.1, 0.15) is 47.3 Å². The molecule has 1 amide bonds. The first-order valence-electron chi connectivity index (χ1n) is 11.5. The molecule has 10 heteroatoms. The molecule has 1 fully saturated rings. The molecule has 0 bridgehead atoms. The fourth-order valence-electron chi connectivity index (χ4n) is 4.69. The largest absolute Gasteiger partial charge is 0.489 e. The maximum Gasteiger partial charge on any atom is 0.410 e. The van der Waals surface area contributed by atoms with Gasteiger partial charge in [-0.1, -0.05) is 54.1 Å². The molecule has 2 aliphatic heterocycles. The van der Waals surface area contributed by atoms with E-state index >= 15 is 0 Å². The zero-order chi connectivity index (χ0) is 24.6. The number of nitrogens with one attached hydrogen (secondary N) is 1. The van der Waals surface area contributed by atoms with Crippen LogP contribution in [0.2, 0.25) is 5.02 Å². The third-order valence-corrected chi connectivity index (χ3v) is 6.84. The second-order valence-electron chi connectivity index (χ2n) is 8.79. The van der Waals surface area contributed by atoms with Gasteiger partial charge in [-0.2, -0.15) is 18.3 Å². The van der Waals surface area contributed by atoms with E-state index < -0.39 is 18.3 Å². The number of piperidine rings is 1. The van der Waals surface area contributed by atoms with E-state index in [1.807, 2.05) is 18.2 Å². The van der Waals surface area contributed by atoms with Crippen molar-refractivity contribution in [2.24, 2.45) is 0 Å². The number of fused-ring (bicyclic) bond motifs is 1. The highest BCUT2D eigenvalue weighted by Crippen LogP contribution is 2.44. The SMILES string of the molecule is O=C(c1cnn2c1N[C@@H](c1ccccc1)C[C@H]2C(F)(F)F)N1CCC(Oc2ccccc2Cl)CC1. The molecule has 2 aliphatic rings. The van der Waals surface area contributed by atoms with Crippen LogP contribution in [0.5, 0.6) is 5.75 Å². The monoisotopic (exact) mass is 504 g/mol. The van der Waals surface area contributed by atoms with E-state index in [9.17, 15) is 18.0 Å². The van der Waals surface area contributed by atoms with E-state index in [-0.39, 0.29) is 29.8 Å². The number of hydrogen-bond acceptors (Lipinski definition) is 4. The molecule has 0 aliphatic carbocycles. The summed E-state index contributed by atoms with van der Waals surface area (Å²) >= 11 is 6.17. The highest BCUT2D eigenvalue weighted by Gasteiger charge is 2.47. The van der Waals surface area contributed by atoms with Crippen molar-refractivity contribution in [3.63, 3.8) is 0 Å². The number of hydrogen-bond donors (Lipinski definition) is 1. The number of benzene rings is 2. The minimum Gasteiger partial charge on any atom is -0.489 e. The zero-order valence-electron chi connectivity index (χ0n) is 18.7. The Balaban J connectivity index is 1.33. The standard InChI is InChI=1S/C25H24ClF3N4O2/c26-19-8-4-5-9-21(19)35-17-10-12-32(13-11-17)24(34)18-15-30-33-22(25(27,28)29)14-20(31-23(18)33)16-6-2-1-3-7-16/h1-9,15,17,20,22,31H,10-14H2/t20-,22+/m1/s1. The summed E-state index contributed by atoms with van der Waals surface area (Å²) in [6.45, 7) is 0.840. The number of nitrogens with zero attached hydrogens (tertiary/aromatic N) is 3. The first-order chi connectivity index (χ1) is 16.8. The van der Waals surface area contributed by atoms with Gasteiger partial charge in [0.1, 0.15) is 23.2 Å². The molecule has 2 atom stereocenters. The van der Waals surface area contributed by atoms with Crippen LogP contribution in [-0.2, 0) is 0 Å². The predicted octanol–water partition coefficient (Wildman–Crippen LogP) is 5.88. The normalized spacial score (nSPS) is 20.7. The van der Waals surface area contributed by atoms with Crippen molar-refractivity contribution in [2.75, 3.05) is 18.4 Å². The molecule has 1 N–H and O–H groups in total. The minimum atomic E-state index is -4.50. The van der Waals surface area contributed by atoms with Gasteiger partial charge in [-0.15, -0.1) is 0 Å². The molecular formula is C25H24ClF3N4O2. The lowest BCUT2D eigenvalue weighted by atomic mass is 9.96. The number of halogens is 4. The quantitative estimate of drug-likeness (QED) is 0.482. The van der Waals surface area contributed by atoms with Gasteiger partial charge >= 0.3 is 6.18 Å². The highest BCUT2D eigenvalue weighted by atomic mass is 35.5. The number of carbonyl (C=O) groups excluding carboxylic acids is 1. The Hall–Kier alpha value is -3.20. The van der Waals surface area contributed by atoms with E-state index in [1.54, 1.807) is 41.3 Å². The number of ether oxygens (including phenoxy) is 1. The maximum atomic E-state index is 13.9. The molecule has 6 nitrogen and oxygen atoms in total. The fourth-order valence-corrected chi connectivity index (χ4v) is 4.87. The minimum absolute atomic E-state index is 0.102. The van der Waals surface area contributed by atoms with Gasteiger partial charge in [0.25, 0.3) is 5.91 Å². The van der Waals surface area contributed by atoms with Crippen LogP contribution in [0.25, 0.3) is 0 Å². The first-order valence-corrected chi connectivity index (χ1v) is 11.8. The van der Waals surface area contributed by atoms with Gasteiger partial charge in [-0.25, -0.2) is 4.68 Å². The van der Waals surface area contributed by atoms with Crippen molar-refractivity contribution in [3.05, 3.63) is 76.9 Å². The Labute approximate surface area is 205 Å². The number of amides is 1. The molecule has 5 rings (SSSR count). The number of aromatic nitrogens is 2. The summed E-state index contributed by atoms with van der Waals surface area (Å²) in [7, 11) is 0. The summed E-state index contributed by atoms with van der Waals surface area (Å²) in [6.07, 6.45) is -2.39. The average molecular weight is 505 g/mol. The molecule has 0 radical (unpaired) electrons. The molecule has 0 unspecified atom stereocenters. The Kier molecular flexibility index (Phi) is 6.35. The third kappa shape index (κ3) is 4.82. The number of para-hydroxylation sites is 1. The molecule has 1 saturated heterocycles. The maximum absolute atomic E-state index is 13.9. The number of anilines is 1.